The average molecular weight is 219 g/mol. The van der Waals surface area contributed by atoms with Gasteiger partial charge in [0.25, 0.3) is 0 Å². The number of hydrogen-bond acceptors (Lipinski definition) is 2. The van der Waals surface area contributed by atoms with Gasteiger partial charge < -0.3 is 10.5 Å². The highest BCUT2D eigenvalue weighted by molar-refractivity contribution is 5.28. The standard InChI is InChI=1S/C14H21NO/c1-2-12-4-6-13(7-5-12)16-14(10-11-15)8-3-9-14/h4-7H,2-3,8-11,15H2,1H3. The van der Waals surface area contributed by atoms with E-state index in [4.69, 9.17) is 10.5 Å². The Balaban J connectivity index is 2.01. The Morgan fingerprint density at radius 1 is 1.25 bits per heavy atom. The lowest BCUT2D eigenvalue weighted by atomic mass is 9.77. The molecule has 1 aliphatic carbocycles. The molecule has 2 nitrogen and oxygen atoms in total. The lowest BCUT2D eigenvalue weighted by Crippen LogP contribution is -2.44. The molecule has 0 bridgehead atoms. The van der Waals surface area contributed by atoms with Crippen molar-refractivity contribution in [3.8, 4) is 5.75 Å². The highest BCUT2D eigenvalue weighted by Crippen LogP contribution is 2.39. The van der Waals surface area contributed by atoms with Crippen LogP contribution in [0.15, 0.2) is 24.3 Å². The fourth-order valence-electron chi connectivity index (χ4n) is 2.28. The minimum absolute atomic E-state index is 0.0441. The number of hydrogen-bond donors (Lipinski definition) is 1. The number of rotatable bonds is 5. The molecule has 1 saturated carbocycles. The lowest BCUT2D eigenvalue weighted by molar-refractivity contribution is -0.0125. The topological polar surface area (TPSA) is 35.2 Å². The van der Waals surface area contributed by atoms with E-state index in [9.17, 15) is 0 Å². The van der Waals surface area contributed by atoms with Crippen LogP contribution in [0.3, 0.4) is 0 Å². The van der Waals surface area contributed by atoms with Crippen molar-refractivity contribution < 1.29 is 4.74 Å². The molecule has 0 amide bonds. The van der Waals surface area contributed by atoms with Crippen molar-refractivity contribution in [3.63, 3.8) is 0 Å². The first-order valence-electron chi connectivity index (χ1n) is 6.26. The molecule has 0 aromatic heterocycles. The summed E-state index contributed by atoms with van der Waals surface area (Å²) >= 11 is 0. The Kier molecular flexibility index (Phi) is 3.49. The van der Waals surface area contributed by atoms with Crippen LogP contribution < -0.4 is 10.5 Å². The molecule has 16 heavy (non-hydrogen) atoms. The van der Waals surface area contributed by atoms with Gasteiger partial charge in [0, 0.05) is 0 Å². The summed E-state index contributed by atoms with van der Waals surface area (Å²) in [6.45, 7) is 2.88. The van der Waals surface area contributed by atoms with E-state index in [1.807, 2.05) is 0 Å². The summed E-state index contributed by atoms with van der Waals surface area (Å²) in [5, 5.41) is 0. The maximum absolute atomic E-state index is 6.10. The predicted octanol–water partition coefficient (Wildman–Crippen LogP) is 2.90. The molecule has 0 saturated heterocycles. The second-order valence-corrected chi connectivity index (χ2v) is 4.67. The highest BCUT2D eigenvalue weighted by atomic mass is 16.5. The van der Waals surface area contributed by atoms with E-state index in [1.165, 1.54) is 12.0 Å². The monoisotopic (exact) mass is 219 g/mol. The molecule has 1 aliphatic rings. The second-order valence-electron chi connectivity index (χ2n) is 4.67. The molecular weight excluding hydrogens is 198 g/mol. The predicted molar refractivity (Wildman–Crippen MR) is 66.7 cm³/mol. The first kappa shape index (κ1) is 11.5. The number of ether oxygens (including phenoxy) is 1. The normalized spacial score (nSPS) is 17.9. The summed E-state index contributed by atoms with van der Waals surface area (Å²) in [5.74, 6) is 0.991. The average Bonchev–Trinajstić information content (AvgIpc) is 2.27. The maximum atomic E-state index is 6.10. The molecular formula is C14H21NO. The molecule has 0 atom stereocenters. The van der Waals surface area contributed by atoms with Crippen LogP contribution in [-0.2, 0) is 6.42 Å². The second kappa shape index (κ2) is 4.88. The third-order valence-corrected chi connectivity index (χ3v) is 3.53. The Morgan fingerprint density at radius 3 is 2.38 bits per heavy atom. The molecule has 2 rings (SSSR count). The van der Waals surface area contributed by atoms with Gasteiger partial charge in [-0.1, -0.05) is 19.1 Å². The summed E-state index contributed by atoms with van der Waals surface area (Å²) in [7, 11) is 0. The SMILES string of the molecule is CCc1ccc(OC2(CCN)CCC2)cc1. The molecule has 1 aromatic carbocycles. The fourth-order valence-corrected chi connectivity index (χ4v) is 2.28. The van der Waals surface area contributed by atoms with Crippen LogP contribution in [0.5, 0.6) is 5.75 Å². The van der Waals surface area contributed by atoms with E-state index in [2.05, 4.69) is 31.2 Å². The van der Waals surface area contributed by atoms with Crippen LogP contribution in [-0.4, -0.2) is 12.1 Å². The Bertz CT molecular complexity index is 327. The zero-order valence-corrected chi connectivity index (χ0v) is 10.0. The van der Waals surface area contributed by atoms with Gasteiger partial charge in [-0.2, -0.15) is 0 Å². The highest BCUT2D eigenvalue weighted by Gasteiger charge is 2.38. The van der Waals surface area contributed by atoms with Crippen molar-refractivity contribution in [2.24, 2.45) is 5.73 Å². The summed E-state index contributed by atoms with van der Waals surface area (Å²) in [6.07, 6.45) is 5.63. The van der Waals surface area contributed by atoms with Crippen LogP contribution in [0.1, 0.15) is 38.2 Å². The van der Waals surface area contributed by atoms with Crippen molar-refractivity contribution in [2.45, 2.75) is 44.6 Å². The van der Waals surface area contributed by atoms with E-state index in [0.29, 0.717) is 6.54 Å². The van der Waals surface area contributed by atoms with Crippen molar-refractivity contribution in [3.05, 3.63) is 29.8 Å². The molecule has 2 N–H and O–H groups in total. The number of nitrogens with two attached hydrogens (primary N) is 1. The van der Waals surface area contributed by atoms with Crippen LogP contribution >= 0.6 is 0 Å². The van der Waals surface area contributed by atoms with Gasteiger partial charge >= 0.3 is 0 Å². The Labute approximate surface area is 97.8 Å². The molecule has 88 valence electrons. The van der Waals surface area contributed by atoms with Gasteiger partial charge in [0.1, 0.15) is 11.4 Å². The van der Waals surface area contributed by atoms with Crippen molar-refractivity contribution >= 4 is 0 Å². The van der Waals surface area contributed by atoms with Crippen molar-refractivity contribution in [1.82, 2.24) is 0 Å². The third-order valence-electron chi connectivity index (χ3n) is 3.53. The van der Waals surface area contributed by atoms with Gasteiger partial charge in [-0.05, 0) is 56.3 Å². The molecule has 2 heteroatoms. The van der Waals surface area contributed by atoms with E-state index >= 15 is 0 Å². The fraction of sp³-hybridized carbons (Fsp3) is 0.571. The molecule has 0 unspecified atom stereocenters. The van der Waals surface area contributed by atoms with Gasteiger partial charge in [0.2, 0.25) is 0 Å². The van der Waals surface area contributed by atoms with Gasteiger partial charge in [-0.25, -0.2) is 0 Å². The molecule has 0 radical (unpaired) electrons. The quantitative estimate of drug-likeness (QED) is 0.826. The van der Waals surface area contributed by atoms with Gasteiger partial charge in [0.15, 0.2) is 0 Å². The molecule has 0 heterocycles. The zero-order valence-electron chi connectivity index (χ0n) is 10.0. The summed E-state index contributed by atoms with van der Waals surface area (Å²) < 4.78 is 6.10. The number of aryl methyl sites for hydroxylation is 1. The lowest BCUT2D eigenvalue weighted by Gasteiger charge is -2.41. The maximum Gasteiger partial charge on any atom is 0.120 e. The van der Waals surface area contributed by atoms with Crippen molar-refractivity contribution in [1.29, 1.82) is 0 Å². The van der Waals surface area contributed by atoms with E-state index in [0.717, 1.165) is 31.4 Å². The number of benzene rings is 1. The van der Waals surface area contributed by atoms with Crippen LogP contribution in [0, 0.1) is 0 Å². The molecule has 1 aromatic rings. The Morgan fingerprint density at radius 2 is 1.94 bits per heavy atom. The molecule has 1 fully saturated rings. The van der Waals surface area contributed by atoms with Gasteiger partial charge in [0.05, 0.1) is 0 Å². The van der Waals surface area contributed by atoms with Crippen molar-refractivity contribution in [2.75, 3.05) is 6.54 Å². The smallest absolute Gasteiger partial charge is 0.120 e. The van der Waals surface area contributed by atoms with Gasteiger partial charge in [-0.3, -0.25) is 0 Å². The third kappa shape index (κ3) is 2.38. The summed E-state index contributed by atoms with van der Waals surface area (Å²) in [5.41, 5.74) is 7.04. The Hall–Kier alpha value is -1.02. The summed E-state index contributed by atoms with van der Waals surface area (Å²) in [6, 6.07) is 8.44. The minimum Gasteiger partial charge on any atom is -0.487 e. The van der Waals surface area contributed by atoms with Crippen LogP contribution in [0.4, 0.5) is 0 Å². The minimum atomic E-state index is 0.0441. The van der Waals surface area contributed by atoms with E-state index in [-0.39, 0.29) is 5.60 Å². The summed E-state index contributed by atoms with van der Waals surface area (Å²) in [4.78, 5) is 0. The van der Waals surface area contributed by atoms with E-state index < -0.39 is 0 Å². The zero-order chi connectivity index (χ0) is 11.4. The van der Waals surface area contributed by atoms with E-state index in [1.54, 1.807) is 0 Å². The first-order valence-corrected chi connectivity index (χ1v) is 6.26. The van der Waals surface area contributed by atoms with Gasteiger partial charge in [-0.15, -0.1) is 0 Å². The molecule has 0 aliphatic heterocycles. The molecule has 0 spiro atoms. The van der Waals surface area contributed by atoms with Crippen LogP contribution in [0.2, 0.25) is 0 Å². The largest absolute Gasteiger partial charge is 0.487 e. The van der Waals surface area contributed by atoms with Crippen LogP contribution in [0.25, 0.3) is 0 Å². The first-order chi connectivity index (χ1) is 7.78.